The van der Waals surface area contributed by atoms with Gasteiger partial charge in [0.1, 0.15) is 0 Å². The first kappa shape index (κ1) is 20.6. The van der Waals surface area contributed by atoms with Crippen molar-refractivity contribution in [2.24, 2.45) is 0 Å². The monoisotopic (exact) mass is 400 g/mol. The third kappa shape index (κ3) is 4.45. The van der Waals surface area contributed by atoms with E-state index in [1.54, 1.807) is 20.9 Å². The summed E-state index contributed by atoms with van der Waals surface area (Å²) in [6.07, 6.45) is 2.89. The maximum atomic E-state index is 12.3. The molecule has 2 N–H and O–H groups in total. The van der Waals surface area contributed by atoms with Gasteiger partial charge in [-0.15, -0.1) is 0 Å². The lowest BCUT2D eigenvalue weighted by molar-refractivity contribution is 0.0963. The molecule has 0 saturated heterocycles. The minimum absolute atomic E-state index is 0.0370. The Kier molecular flexibility index (Phi) is 6.20. The maximum Gasteiger partial charge on any atom is 0.251 e. The minimum atomic E-state index is -3.27. The van der Waals surface area contributed by atoms with Gasteiger partial charge in [0, 0.05) is 24.6 Å². The van der Waals surface area contributed by atoms with E-state index in [2.05, 4.69) is 34.3 Å². The zero-order chi connectivity index (χ0) is 20.3. The summed E-state index contributed by atoms with van der Waals surface area (Å²) in [6, 6.07) is 15.8. The topological polar surface area (TPSA) is 75.3 Å². The molecule has 0 aromatic heterocycles. The first-order valence-electron chi connectivity index (χ1n) is 9.75. The van der Waals surface area contributed by atoms with Gasteiger partial charge in [-0.3, -0.25) is 4.79 Å². The smallest absolute Gasteiger partial charge is 0.251 e. The summed E-state index contributed by atoms with van der Waals surface area (Å²) in [4.78, 5) is 11.7. The zero-order valence-corrected chi connectivity index (χ0v) is 17.4. The number of hydrogen-bond acceptors (Lipinski definition) is 3. The Balaban J connectivity index is 1.75. The van der Waals surface area contributed by atoms with E-state index in [4.69, 9.17) is 0 Å². The van der Waals surface area contributed by atoms with Crippen LogP contribution in [0.4, 0.5) is 0 Å². The van der Waals surface area contributed by atoms with Gasteiger partial charge in [0.25, 0.3) is 5.91 Å². The Bertz CT molecular complexity index is 919. The van der Waals surface area contributed by atoms with Crippen molar-refractivity contribution in [2.45, 2.75) is 50.3 Å². The van der Waals surface area contributed by atoms with E-state index in [-0.39, 0.29) is 17.9 Å². The van der Waals surface area contributed by atoms with Crippen molar-refractivity contribution >= 4 is 15.9 Å². The number of hydrogen-bond donors (Lipinski definition) is 2. The lowest BCUT2D eigenvalue weighted by atomic mass is 9.92. The van der Waals surface area contributed by atoms with Crippen LogP contribution in [0.25, 0.3) is 11.1 Å². The van der Waals surface area contributed by atoms with Gasteiger partial charge >= 0.3 is 0 Å². The van der Waals surface area contributed by atoms with E-state index in [1.807, 2.05) is 24.3 Å². The van der Waals surface area contributed by atoms with E-state index in [9.17, 15) is 13.2 Å². The van der Waals surface area contributed by atoms with Crippen molar-refractivity contribution in [3.8, 4) is 11.1 Å². The van der Waals surface area contributed by atoms with Crippen molar-refractivity contribution in [3.63, 3.8) is 0 Å². The quantitative estimate of drug-likeness (QED) is 0.777. The summed E-state index contributed by atoms with van der Waals surface area (Å²) < 4.78 is 27.4. The number of nitrogens with one attached hydrogen (secondary N) is 2. The molecule has 3 rings (SSSR count). The molecule has 1 aliphatic rings. The van der Waals surface area contributed by atoms with Crippen molar-refractivity contribution in [1.82, 2.24) is 10.0 Å². The van der Waals surface area contributed by atoms with Gasteiger partial charge in [0.2, 0.25) is 10.0 Å². The van der Waals surface area contributed by atoms with Crippen LogP contribution >= 0.6 is 0 Å². The molecule has 0 bridgehead atoms. The molecule has 0 radical (unpaired) electrons. The van der Waals surface area contributed by atoms with E-state index in [1.165, 1.54) is 5.56 Å². The maximum absolute atomic E-state index is 12.3. The van der Waals surface area contributed by atoms with Crippen LogP contribution in [0.5, 0.6) is 0 Å². The van der Waals surface area contributed by atoms with Gasteiger partial charge in [0.05, 0.1) is 5.25 Å². The highest BCUT2D eigenvalue weighted by atomic mass is 32.2. The number of sulfonamides is 1. The molecular weight excluding hydrogens is 372 g/mol. The Hall–Kier alpha value is -2.18. The summed E-state index contributed by atoms with van der Waals surface area (Å²) in [5.41, 5.74) is 3.92. The first-order valence-corrected chi connectivity index (χ1v) is 11.3. The highest BCUT2D eigenvalue weighted by molar-refractivity contribution is 7.90. The molecule has 2 aromatic carbocycles. The van der Waals surface area contributed by atoms with Gasteiger partial charge in [-0.25, -0.2) is 13.1 Å². The normalized spacial score (nSPS) is 19.7. The summed E-state index contributed by atoms with van der Waals surface area (Å²) >= 11 is 0. The Morgan fingerprint density at radius 3 is 2.07 bits per heavy atom. The lowest BCUT2D eigenvalue weighted by Gasteiger charge is -2.23. The molecule has 0 heterocycles. The third-order valence-electron chi connectivity index (χ3n) is 5.50. The predicted molar refractivity (Wildman–Crippen MR) is 113 cm³/mol. The van der Waals surface area contributed by atoms with Gasteiger partial charge in [-0.1, -0.05) is 42.8 Å². The fourth-order valence-electron chi connectivity index (χ4n) is 3.73. The summed E-state index contributed by atoms with van der Waals surface area (Å²) in [5.74, 6) is 0.108. The van der Waals surface area contributed by atoms with Crippen LogP contribution in [0.2, 0.25) is 0 Å². The van der Waals surface area contributed by atoms with E-state index < -0.39 is 15.3 Å². The van der Waals surface area contributed by atoms with Gasteiger partial charge in [-0.2, -0.15) is 0 Å². The molecule has 2 atom stereocenters. The summed E-state index contributed by atoms with van der Waals surface area (Å²) in [5, 5.41) is 2.20. The summed E-state index contributed by atoms with van der Waals surface area (Å²) in [7, 11) is -1.65. The molecule has 5 nitrogen and oxygen atoms in total. The number of carbonyl (C=O) groups excluding carboxylic acids is 1. The van der Waals surface area contributed by atoms with Gasteiger partial charge in [0.15, 0.2) is 0 Å². The van der Waals surface area contributed by atoms with Crippen LogP contribution in [0.1, 0.15) is 54.9 Å². The molecule has 1 fully saturated rings. The highest BCUT2D eigenvalue weighted by Crippen LogP contribution is 2.36. The molecule has 150 valence electrons. The van der Waals surface area contributed by atoms with Crippen LogP contribution in [-0.2, 0) is 10.0 Å². The third-order valence-corrected chi connectivity index (χ3v) is 7.37. The average molecular weight is 401 g/mol. The molecule has 0 unspecified atom stereocenters. The van der Waals surface area contributed by atoms with Crippen LogP contribution in [-0.4, -0.2) is 32.7 Å². The van der Waals surface area contributed by atoms with Crippen molar-refractivity contribution < 1.29 is 13.2 Å². The summed E-state index contributed by atoms with van der Waals surface area (Å²) in [6.45, 7) is 3.41. The molecule has 0 aliphatic heterocycles. The largest absolute Gasteiger partial charge is 0.355 e. The Morgan fingerprint density at radius 1 is 0.964 bits per heavy atom. The molecular formula is C22H28N2O3S. The Labute approximate surface area is 167 Å². The second-order valence-electron chi connectivity index (χ2n) is 7.63. The van der Waals surface area contributed by atoms with Crippen LogP contribution in [0.3, 0.4) is 0 Å². The van der Waals surface area contributed by atoms with Gasteiger partial charge in [-0.05, 0) is 55.5 Å². The second kappa shape index (κ2) is 8.45. The lowest BCUT2D eigenvalue weighted by Crippen LogP contribution is -2.40. The molecule has 1 amide bonds. The van der Waals surface area contributed by atoms with E-state index in [0.717, 1.165) is 30.4 Å². The van der Waals surface area contributed by atoms with Crippen molar-refractivity contribution in [3.05, 3.63) is 59.7 Å². The molecule has 1 aliphatic carbocycles. The number of benzene rings is 2. The number of amides is 1. The zero-order valence-electron chi connectivity index (χ0n) is 16.6. The predicted octanol–water partition coefficient (Wildman–Crippen LogP) is 3.68. The van der Waals surface area contributed by atoms with Crippen molar-refractivity contribution in [1.29, 1.82) is 0 Å². The van der Waals surface area contributed by atoms with Crippen molar-refractivity contribution in [2.75, 3.05) is 7.05 Å². The van der Waals surface area contributed by atoms with E-state index in [0.29, 0.717) is 5.56 Å². The molecule has 0 spiro atoms. The average Bonchev–Trinajstić information content (AvgIpc) is 3.15. The fourth-order valence-corrected chi connectivity index (χ4v) is 4.70. The van der Waals surface area contributed by atoms with E-state index >= 15 is 0 Å². The number of carbonyl (C=O) groups is 1. The fraction of sp³-hybridized carbons (Fsp3) is 0.409. The van der Waals surface area contributed by atoms with Crippen LogP contribution < -0.4 is 10.0 Å². The Morgan fingerprint density at radius 2 is 1.54 bits per heavy atom. The first-order chi connectivity index (χ1) is 13.3. The van der Waals surface area contributed by atoms with Crippen LogP contribution in [0, 0.1) is 0 Å². The van der Waals surface area contributed by atoms with Crippen LogP contribution in [0.15, 0.2) is 48.5 Å². The second-order valence-corrected chi connectivity index (χ2v) is 9.90. The molecule has 1 saturated carbocycles. The molecule has 2 aromatic rings. The number of rotatable bonds is 6. The standard InChI is InChI=1S/C22H28N2O3S/c1-15(2)28(26,27)24-21-6-4-5-20(21)18-11-7-16(8-12-18)17-9-13-19(14-10-17)22(25)23-3/h7-15,20-21,24H,4-6H2,1-3H3,(H,23,25)/t20-,21+/m0/s1. The molecule has 6 heteroatoms. The van der Waals surface area contributed by atoms with Gasteiger partial charge < -0.3 is 5.32 Å². The minimum Gasteiger partial charge on any atom is -0.355 e. The molecule has 28 heavy (non-hydrogen) atoms. The SMILES string of the molecule is CNC(=O)c1ccc(-c2ccc([C@@H]3CCC[C@H]3NS(=O)(=O)C(C)C)cc2)cc1. The highest BCUT2D eigenvalue weighted by Gasteiger charge is 2.32.